The zero-order valence-electron chi connectivity index (χ0n) is 15.7. The normalized spacial score (nSPS) is 24.0. The number of hydrogen-bond acceptors (Lipinski definition) is 4. The topological polar surface area (TPSA) is 82.2 Å². The Labute approximate surface area is 166 Å². The maximum atomic E-state index is 13.4. The highest BCUT2D eigenvalue weighted by Gasteiger charge is 2.47. The van der Waals surface area contributed by atoms with Crippen molar-refractivity contribution in [3.63, 3.8) is 0 Å². The molecule has 5 rings (SSSR count). The van der Waals surface area contributed by atoms with Crippen LogP contribution in [0.2, 0.25) is 0 Å². The first-order chi connectivity index (χ1) is 14.1. The highest BCUT2D eigenvalue weighted by molar-refractivity contribution is 5.98. The van der Waals surface area contributed by atoms with Crippen molar-refractivity contribution in [2.45, 2.75) is 18.6 Å². The van der Waals surface area contributed by atoms with Gasteiger partial charge in [-0.2, -0.15) is 5.10 Å². The molecular formula is C21H20FN5O2. The number of amides is 2. The number of nitrogens with zero attached hydrogens (tertiary/aromatic N) is 4. The Morgan fingerprint density at radius 2 is 2.03 bits per heavy atom. The van der Waals surface area contributed by atoms with Gasteiger partial charge in [-0.25, -0.2) is 4.39 Å². The van der Waals surface area contributed by atoms with Gasteiger partial charge in [0, 0.05) is 43.0 Å². The molecule has 3 aromatic rings. The fourth-order valence-corrected chi connectivity index (χ4v) is 3.97. The number of nitrogens with one attached hydrogen (secondary N) is 1. The Balaban J connectivity index is 1.44. The van der Waals surface area contributed by atoms with E-state index in [1.807, 2.05) is 18.2 Å². The van der Waals surface area contributed by atoms with Crippen molar-refractivity contribution < 1.29 is 14.0 Å². The van der Waals surface area contributed by atoms with E-state index in [9.17, 15) is 14.0 Å². The van der Waals surface area contributed by atoms with Gasteiger partial charge >= 0.3 is 0 Å². The number of pyridine rings is 1. The lowest BCUT2D eigenvalue weighted by Gasteiger charge is -2.41. The van der Waals surface area contributed by atoms with Crippen LogP contribution in [0.1, 0.15) is 28.4 Å². The smallest absolute Gasteiger partial charge is 0.254 e. The number of aromatic amines is 1. The molecule has 2 aromatic heterocycles. The lowest BCUT2D eigenvalue weighted by atomic mass is 10.0. The van der Waals surface area contributed by atoms with Crippen LogP contribution < -0.4 is 0 Å². The van der Waals surface area contributed by atoms with Crippen LogP contribution >= 0.6 is 0 Å². The molecule has 1 aliphatic heterocycles. The number of benzene rings is 1. The highest BCUT2D eigenvalue weighted by atomic mass is 19.1. The molecule has 1 saturated carbocycles. The Kier molecular flexibility index (Phi) is 4.26. The van der Waals surface area contributed by atoms with Crippen LogP contribution in [0.15, 0.2) is 48.9 Å². The molecule has 7 nitrogen and oxygen atoms in total. The minimum atomic E-state index is -1.03. The zero-order valence-corrected chi connectivity index (χ0v) is 15.7. The first kappa shape index (κ1) is 17.8. The molecule has 0 bridgehead atoms. The number of aromatic nitrogens is 3. The van der Waals surface area contributed by atoms with E-state index in [1.165, 1.54) is 0 Å². The number of fused-ring (bicyclic) bond motifs is 1. The quantitative estimate of drug-likeness (QED) is 0.741. The van der Waals surface area contributed by atoms with Crippen molar-refractivity contribution in [2.24, 2.45) is 5.92 Å². The van der Waals surface area contributed by atoms with Gasteiger partial charge in [0.15, 0.2) is 0 Å². The van der Waals surface area contributed by atoms with Crippen LogP contribution in [0.25, 0.3) is 10.9 Å². The second-order valence-corrected chi connectivity index (χ2v) is 7.62. The van der Waals surface area contributed by atoms with Crippen molar-refractivity contribution in [3.8, 4) is 0 Å². The van der Waals surface area contributed by atoms with Crippen molar-refractivity contribution in [3.05, 3.63) is 60.0 Å². The van der Waals surface area contributed by atoms with Gasteiger partial charge in [-0.3, -0.25) is 19.7 Å². The fourth-order valence-electron chi connectivity index (χ4n) is 3.97. The maximum absolute atomic E-state index is 13.4. The van der Waals surface area contributed by atoms with Crippen molar-refractivity contribution in [2.75, 3.05) is 19.6 Å². The van der Waals surface area contributed by atoms with Crippen LogP contribution in [-0.2, 0) is 4.79 Å². The molecular weight excluding hydrogens is 373 g/mol. The van der Waals surface area contributed by atoms with Gasteiger partial charge in [0.1, 0.15) is 6.17 Å². The summed E-state index contributed by atoms with van der Waals surface area (Å²) in [6.45, 7) is 1.12. The average molecular weight is 393 g/mol. The Bertz CT molecular complexity index is 1070. The first-order valence-corrected chi connectivity index (χ1v) is 9.68. The minimum Gasteiger partial charge on any atom is -0.338 e. The molecule has 3 heterocycles. The van der Waals surface area contributed by atoms with Gasteiger partial charge in [0.25, 0.3) is 5.91 Å². The molecule has 2 amide bonds. The second kappa shape index (κ2) is 6.95. The predicted molar refractivity (Wildman–Crippen MR) is 104 cm³/mol. The fraction of sp³-hybridized carbons (Fsp3) is 0.333. The monoisotopic (exact) mass is 393 g/mol. The molecule has 2 aliphatic rings. The molecule has 3 atom stereocenters. The van der Waals surface area contributed by atoms with E-state index < -0.39 is 12.1 Å². The molecule has 29 heavy (non-hydrogen) atoms. The van der Waals surface area contributed by atoms with Gasteiger partial charge in [-0.05, 0) is 30.2 Å². The number of H-pyrrole nitrogens is 1. The summed E-state index contributed by atoms with van der Waals surface area (Å²) in [7, 11) is 0. The molecule has 1 aromatic carbocycles. The van der Waals surface area contributed by atoms with E-state index >= 15 is 0 Å². The molecule has 1 saturated heterocycles. The number of halogens is 1. The zero-order chi connectivity index (χ0) is 20.0. The van der Waals surface area contributed by atoms with Crippen LogP contribution in [0.4, 0.5) is 4.39 Å². The maximum Gasteiger partial charge on any atom is 0.254 e. The molecule has 8 heteroatoms. The SMILES string of the molecule is O=C([C@H]1C[C@H]1F)N1CCN(C(=O)c2ccc3cn[nH]c3c2)C(c2cccnc2)C1. The third-order valence-corrected chi connectivity index (χ3v) is 5.74. The minimum absolute atomic E-state index is 0.114. The number of rotatable bonds is 3. The summed E-state index contributed by atoms with van der Waals surface area (Å²) in [5.74, 6) is -0.788. The lowest BCUT2D eigenvalue weighted by molar-refractivity contribution is -0.135. The van der Waals surface area contributed by atoms with Gasteiger partial charge in [0.2, 0.25) is 5.91 Å². The van der Waals surface area contributed by atoms with Crippen LogP contribution in [0.3, 0.4) is 0 Å². The van der Waals surface area contributed by atoms with Gasteiger partial charge < -0.3 is 9.80 Å². The van der Waals surface area contributed by atoms with Crippen LogP contribution in [-0.4, -0.2) is 62.6 Å². The number of hydrogen-bond donors (Lipinski definition) is 1. The number of piperazine rings is 1. The standard InChI is InChI=1S/C21H20FN5O2/c22-17-9-16(17)21(29)26-6-7-27(19(12-26)15-2-1-5-23-10-15)20(28)13-3-4-14-11-24-25-18(14)8-13/h1-5,8,10-11,16-17,19H,6-7,9,12H2,(H,24,25)/t16-,17+,19?/m0/s1. The summed E-state index contributed by atoms with van der Waals surface area (Å²) in [5, 5.41) is 7.82. The summed E-state index contributed by atoms with van der Waals surface area (Å²) in [4.78, 5) is 33.5. The second-order valence-electron chi connectivity index (χ2n) is 7.62. The number of alkyl halides is 1. The summed E-state index contributed by atoms with van der Waals surface area (Å²) in [6.07, 6.45) is 4.37. The first-order valence-electron chi connectivity index (χ1n) is 9.68. The molecule has 0 radical (unpaired) electrons. The summed E-state index contributed by atoms with van der Waals surface area (Å²) in [6, 6.07) is 8.83. The Hall–Kier alpha value is -3.29. The van der Waals surface area contributed by atoms with Crippen molar-refractivity contribution in [1.29, 1.82) is 0 Å². The van der Waals surface area contributed by atoms with Gasteiger partial charge in [-0.15, -0.1) is 0 Å². The number of carbonyl (C=O) groups is 2. The van der Waals surface area contributed by atoms with Crippen LogP contribution in [0.5, 0.6) is 0 Å². The molecule has 1 N–H and O–H groups in total. The molecule has 1 unspecified atom stereocenters. The highest BCUT2D eigenvalue weighted by Crippen LogP contribution is 2.37. The lowest BCUT2D eigenvalue weighted by Crippen LogP contribution is -2.52. The Morgan fingerprint density at radius 1 is 1.17 bits per heavy atom. The molecule has 0 spiro atoms. The number of carbonyl (C=O) groups excluding carboxylic acids is 2. The summed E-state index contributed by atoms with van der Waals surface area (Å²) >= 11 is 0. The average Bonchev–Trinajstić information content (AvgIpc) is 3.31. The third kappa shape index (κ3) is 3.24. The third-order valence-electron chi connectivity index (χ3n) is 5.74. The Morgan fingerprint density at radius 3 is 2.79 bits per heavy atom. The van der Waals surface area contributed by atoms with E-state index in [4.69, 9.17) is 0 Å². The van der Waals surface area contributed by atoms with E-state index in [1.54, 1.807) is 40.5 Å². The predicted octanol–water partition coefficient (Wildman–Crippen LogP) is 2.34. The summed E-state index contributed by atoms with van der Waals surface area (Å²) < 4.78 is 13.4. The van der Waals surface area contributed by atoms with E-state index in [-0.39, 0.29) is 17.9 Å². The van der Waals surface area contributed by atoms with E-state index in [0.29, 0.717) is 31.6 Å². The van der Waals surface area contributed by atoms with Gasteiger partial charge in [-0.1, -0.05) is 12.1 Å². The molecule has 1 aliphatic carbocycles. The molecule has 148 valence electrons. The van der Waals surface area contributed by atoms with Gasteiger partial charge in [0.05, 0.1) is 23.7 Å². The molecule has 2 fully saturated rings. The van der Waals surface area contributed by atoms with Crippen LogP contribution in [0, 0.1) is 5.92 Å². The van der Waals surface area contributed by atoms with E-state index in [0.717, 1.165) is 16.5 Å². The van der Waals surface area contributed by atoms with Crippen molar-refractivity contribution >= 4 is 22.7 Å². The van der Waals surface area contributed by atoms with E-state index in [2.05, 4.69) is 15.2 Å². The summed E-state index contributed by atoms with van der Waals surface area (Å²) in [5.41, 5.74) is 2.21. The van der Waals surface area contributed by atoms with Crippen molar-refractivity contribution in [1.82, 2.24) is 25.0 Å². The largest absolute Gasteiger partial charge is 0.338 e.